The SMILES string of the molecule is COC(C)CNC(=O)Oc1ccccc1. The smallest absolute Gasteiger partial charge is 0.410 e. The highest BCUT2D eigenvalue weighted by Gasteiger charge is 2.05. The lowest BCUT2D eigenvalue weighted by Crippen LogP contribution is -2.33. The fourth-order valence-corrected chi connectivity index (χ4v) is 0.942. The molecule has 0 saturated carbocycles. The third-order valence-electron chi connectivity index (χ3n) is 1.89. The molecule has 1 rings (SSSR count). The van der Waals surface area contributed by atoms with Crippen molar-refractivity contribution in [1.29, 1.82) is 0 Å². The highest BCUT2D eigenvalue weighted by atomic mass is 16.6. The average molecular weight is 209 g/mol. The number of rotatable bonds is 4. The third-order valence-corrected chi connectivity index (χ3v) is 1.89. The zero-order valence-corrected chi connectivity index (χ0v) is 8.90. The van der Waals surface area contributed by atoms with Gasteiger partial charge in [-0.15, -0.1) is 0 Å². The first-order valence-corrected chi connectivity index (χ1v) is 4.76. The number of ether oxygens (including phenoxy) is 2. The van der Waals surface area contributed by atoms with Crippen molar-refractivity contribution in [3.05, 3.63) is 30.3 Å². The Kier molecular flexibility index (Phi) is 4.63. The molecule has 1 N–H and O–H groups in total. The van der Waals surface area contributed by atoms with Crippen LogP contribution in [0.25, 0.3) is 0 Å². The van der Waals surface area contributed by atoms with E-state index >= 15 is 0 Å². The van der Waals surface area contributed by atoms with Gasteiger partial charge in [0.05, 0.1) is 6.10 Å². The molecular formula is C11H15NO3. The van der Waals surface area contributed by atoms with E-state index in [0.29, 0.717) is 12.3 Å². The van der Waals surface area contributed by atoms with Gasteiger partial charge >= 0.3 is 6.09 Å². The Bertz CT molecular complexity index is 300. The molecule has 1 amide bonds. The second-order valence-corrected chi connectivity index (χ2v) is 3.13. The van der Waals surface area contributed by atoms with Gasteiger partial charge in [-0.1, -0.05) is 18.2 Å². The van der Waals surface area contributed by atoms with Gasteiger partial charge in [-0.3, -0.25) is 0 Å². The minimum atomic E-state index is -0.467. The van der Waals surface area contributed by atoms with E-state index in [2.05, 4.69) is 5.32 Å². The van der Waals surface area contributed by atoms with Crippen LogP contribution in [0.3, 0.4) is 0 Å². The average Bonchev–Trinajstić information content (AvgIpc) is 2.27. The number of para-hydroxylation sites is 1. The van der Waals surface area contributed by atoms with Gasteiger partial charge in [0.1, 0.15) is 5.75 Å². The lowest BCUT2D eigenvalue weighted by Gasteiger charge is -2.10. The van der Waals surface area contributed by atoms with Crippen LogP contribution in [0.1, 0.15) is 6.92 Å². The standard InChI is InChI=1S/C11H15NO3/c1-9(14-2)8-12-11(13)15-10-6-4-3-5-7-10/h3-7,9H,8H2,1-2H3,(H,12,13). The highest BCUT2D eigenvalue weighted by molar-refractivity contribution is 5.70. The Morgan fingerprint density at radius 3 is 2.67 bits per heavy atom. The van der Waals surface area contributed by atoms with E-state index in [0.717, 1.165) is 0 Å². The van der Waals surface area contributed by atoms with E-state index in [1.54, 1.807) is 31.4 Å². The molecule has 0 aliphatic heterocycles. The van der Waals surface area contributed by atoms with Crippen LogP contribution in [0.5, 0.6) is 5.75 Å². The van der Waals surface area contributed by atoms with Crippen LogP contribution >= 0.6 is 0 Å². The number of amides is 1. The number of methoxy groups -OCH3 is 1. The van der Waals surface area contributed by atoms with Crippen molar-refractivity contribution >= 4 is 6.09 Å². The molecular weight excluding hydrogens is 194 g/mol. The summed E-state index contributed by atoms with van der Waals surface area (Å²) in [6, 6.07) is 8.91. The molecule has 15 heavy (non-hydrogen) atoms. The summed E-state index contributed by atoms with van der Waals surface area (Å²) in [7, 11) is 1.59. The molecule has 1 aromatic carbocycles. The maximum Gasteiger partial charge on any atom is 0.412 e. The highest BCUT2D eigenvalue weighted by Crippen LogP contribution is 2.07. The molecule has 82 valence electrons. The molecule has 4 nitrogen and oxygen atoms in total. The van der Waals surface area contributed by atoms with Gasteiger partial charge in [-0.2, -0.15) is 0 Å². The fourth-order valence-electron chi connectivity index (χ4n) is 0.942. The molecule has 0 aliphatic rings. The fraction of sp³-hybridized carbons (Fsp3) is 0.364. The van der Waals surface area contributed by atoms with E-state index in [9.17, 15) is 4.79 Å². The van der Waals surface area contributed by atoms with Crippen molar-refractivity contribution in [2.45, 2.75) is 13.0 Å². The summed E-state index contributed by atoms with van der Waals surface area (Å²) in [6.07, 6.45) is -0.488. The topological polar surface area (TPSA) is 47.6 Å². The predicted octanol–water partition coefficient (Wildman–Crippen LogP) is 1.81. The molecule has 1 unspecified atom stereocenters. The Hall–Kier alpha value is -1.55. The molecule has 1 aromatic rings. The number of carbonyl (C=O) groups excluding carboxylic acids is 1. The van der Waals surface area contributed by atoms with Crippen molar-refractivity contribution in [3.8, 4) is 5.75 Å². The first-order valence-electron chi connectivity index (χ1n) is 4.76. The summed E-state index contributed by atoms with van der Waals surface area (Å²) in [5.74, 6) is 0.528. The maximum atomic E-state index is 11.2. The Labute approximate surface area is 89.2 Å². The summed E-state index contributed by atoms with van der Waals surface area (Å²) in [4.78, 5) is 11.2. The molecule has 0 saturated heterocycles. The molecule has 4 heteroatoms. The first kappa shape index (κ1) is 11.5. The molecule has 0 bridgehead atoms. The number of carbonyl (C=O) groups is 1. The lowest BCUT2D eigenvalue weighted by molar-refractivity contribution is 0.115. The molecule has 0 aliphatic carbocycles. The van der Waals surface area contributed by atoms with Gasteiger partial charge in [0.15, 0.2) is 0 Å². The maximum absolute atomic E-state index is 11.2. The van der Waals surface area contributed by atoms with Crippen LogP contribution in [0.4, 0.5) is 4.79 Å². The quantitative estimate of drug-likeness (QED) is 0.822. The van der Waals surface area contributed by atoms with Crippen molar-refractivity contribution in [1.82, 2.24) is 5.32 Å². The number of benzene rings is 1. The molecule has 0 fully saturated rings. The van der Waals surface area contributed by atoms with E-state index in [4.69, 9.17) is 9.47 Å². The largest absolute Gasteiger partial charge is 0.412 e. The van der Waals surface area contributed by atoms with Crippen LogP contribution in [0.15, 0.2) is 30.3 Å². The number of hydrogen-bond donors (Lipinski definition) is 1. The predicted molar refractivity (Wildman–Crippen MR) is 56.9 cm³/mol. The van der Waals surface area contributed by atoms with Gasteiger partial charge in [-0.25, -0.2) is 4.79 Å². The van der Waals surface area contributed by atoms with Crippen molar-refractivity contribution in [2.24, 2.45) is 0 Å². The lowest BCUT2D eigenvalue weighted by atomic mass is 10.3. The van der Waals surface area contributed by atoms with Gasteiger partial charge in [0.25, 0.3) is 0 Å². The Balaban J connectivity index is 2.31. The summed E-state index contributed by atoms with van der Waals surface area (Å²) < 4.78 is 9.98. The second-order valence-electron chi connectivity index (χ2n) is 3.13. The molecule has 0 spiro atoms. The van der Waals surface area contributed by atoms with E-state index < -0.39 is 6.09 Å². The molecule has 0 aromatic heterocycles. The summed E-state index contributed by atoms with van der Waals surface area (Å²) >= 11 is 0. The molecule has 0 heterocycles. The zero-order valence-electron chi connectivity index (χ0n) is 8.90. The normalized spacial score (nSPS) is 11.9. The van der Waals surface area contributed by atoms with E-state index in [1.807, 2.05) is 13.0 Å². The van der Waals surface area contributed by atoms with Crippen LogP contribution in [-0.4, -0.2) is 25.9 Å². The monoisotopic (exact) mass is 209 g/mol. The Morgan fingerprint density at radius 1 is 1.40 bits per heavy atom. The van der Waals surface area contributed by atoms with Gasteiger partial charge in [0.2, 0.25) is 0 Å². The summed E-state index contributed by atoms with van der Waals surface area (Å²) in [5, 5.41) is 2.60. The number of hydrogen-bond acceptors (Lipinski definition) is 3. The Morgan fingerprint density at radius 2 is 2.07 bits per heavy atom. The number of nitrogens with one attached hydrogen (secondary N) is 1. The van der Waals surface area contributed by atoms with Crippen molar-refractivity contribution < 1.29 is 14.3 Å². The third kappa shape index (κ3) is 4.46. The zero-order chi connectivity index (χ0) is 11.1. The van der Waals surface area contributed by atoms with Crippen molar-refractivity contribution in [3.63, 3.8) is 0 Å². The minimum absolute atomic E-state index is 0.0201. The second kappa shape index (κ2) is 6.03. The van der Waals surface area contributed by atoms with Crippen LogP contribution in [0.2, 0.25) is 0 Å². The summed E-state index contributed by atoms with van der Waals surface area (Å²) in [5.41, 5.74) is 0. The van der Waals surface area contributed by atoms with Crippen molar-refractivity contribution in [2.75, 3.05) is 13.7 Å². The van der Waals surface area contributed by atoms with Crippen LogP contribution in [-0.2, 0) is 4.74 Å². The molecule has 1 atom stereocenters. The van der Waals surface area contributed by atoms with Gasteiger partial charge in [-0.05, 0) is 19.1 Å². The molecule has 0 radical (unpaired) electrons. The van der Waals surface area contributed by atoms with Crippen LogP contribution in [0, 0.1) is 0 Å². The van der Waals surface area contributed by atoms with Gasteiger partial charge in [0, 0.05) is 13.7 Å². The van der Waals surface area contributed by atoms with Gasteiger partial charge < -0.3 is 14.8 Å². The van der Waals surface area contributed by atoms with E-state index in [1.165, 1.54) is 0 Å². The van der Waals surface area contributed by atoms with E-state index in [-0.39, 0.29) is 6.10 Å². The first-order chi connectivity index (χ1) is 7.22. The van der Waals surface area contributed by atoms with Crippen LogP contribution < -0.4 is 10.1 Å². The minimum Gasteiger partial charge on any atom is -0.410 e. The summed E-state index contributed by atoms with van der Waals surface area (Å²) in [6.45, 7) is 2.30.